The van der Waals surface area contributed by atoms with E-state index >= 15 is 0 Å². The summed E-state index contributed by atoms with van der Waals surface area (Å²) >= 11 is 0. The number of rotatable bonds is 7. The molecule has 1 aliphatic heterocycles. The summed E-state index contributed by atoms with van der Waals surface area (Å²) in [5.74, 6) is -0.446. The quantitative estimate of drug-likeness (QED) is 0.684. The minimum atomic E-state index is -4.45. The largest absolute Gasteiger partial charge is 0.495 e. The van der Waals surface area contributed by atoms with E-state index in [1.54, 1.807) is 0 Å². The number of anilines is 1. The smallest absolute Gasteiger partial charge is 0.422 e. The van der Waals surface area contributed by atoms with Crippen LogP contribution in [0.1, 0.15) is 23.2 Å². The standard InChI is InChI=1S/C20H21F3N2O5S/c1-29-17-9-4-14(12-18(17)31(27,28)25-10-2-3-11-25)19(26)24-15-5-7-16(8-6-15)30-13-20(21,22)23/h4-9,12H,2-3,10-11,13H2,1H3,(H,24,26). The van der Waals surface area contributed by atoms with Gasteiger partial charge in [0.25, 0.3) is 5.91 Å². The van der Waals surface area contributed by atoms with Crippen LogP contribution in [0.3, 0.4) is 0 Å². The number of hydrogen-bond donors (Lipinski definition) is 1. The lowest BCUT2D eigenvalue weighted by atomic mass is 10.2. The van der Waals surface area contributed by atoms with Gasteiger partial charge in [-0.15, -0.1) is 0 Å². The highest BCUT2D eigenvalue weighted by Crippen LogP contribution is 2.30. The molecule has 3 rings (SSSR count). The number of carbonyl (C=O) groups is 1. The van der Waals surface area contributed by atoms with Gasteiger partial charge in [-0.3, -0.25) is 4.79 Å². The van der Waals surface area contributed by atoms with Gasteiger partial charge >= 0.3 is 6.18 Å². The molecule has 1 aliphatic rings. The molecule has 0 unspecified atom stereocenters. The zero-order valence-corrected chi connectivity index (χ0v) is 17.4. The third kappa shape index (κ3) is 5.67. The van der Waals surface area contributed by atoms with Crippen molar-refractivity contribution in [2.24, 2.45) is 0 Å². The first-order valence-electron chi connectivity index (χ1n) is 9.39. The molecule has 2 aromatic rings. The number of nitrogens with one attached hydrogen (secondary N) is 1. The first-order valence-corrected chi connectivity index (χ1v) is 10.8. The lowest BCUT2D eigenvalue weighted by Gasteiger charge is -2.18. The van der Waals surface area contributed by atoms with E-state index in [1.807, 2.05) is 0 Å². The Morgan fingerprint density at radius 3 is 2.32 bits per heavy atom. The van der Waals surface area contributed by atoms with Crippen molar-refractivity contribution < 1.29 is 35.9 Å². The molecule has 0 radical (unpaired) electrons. The van der Waals surface area contributed by atoms with Crippen LogP contribution in [0.15, 0.2) is 47.4 Å². The van der Waals surface area contributed by atoms with E-state index in [4.69, 9.17) is 4.74 Å². The van der Waals surface area contributed by atoms with Gasteiger partial charge in [0.1, 0.15) is 16.4 Å². The number of ether oxygens (including phenoxy) is 2. The predicted octanol–water partition coefficient (Wildman–Crippen LogP) is 3.67. The summed E-state index contributed by atoms with van der Waals surface area (Å²) in [6.07, 6.45) is -2.91. The van der Waals surface area contributed by atoms with Crippen LogP contribution in [-0.2, 0) is 10.0 Å². The Balaban J connectivity index is 1.76. The molecule has 0 bridgehead atoms. The van der Waals surface area contributed by atoms with Gasteiger partial charge in [0.15, 0.2) is 6.61 Å². The highest BCUT2D eigenvalue weighted by atomic mass is 32.2. The maximum Gasteiger partial charge on any atom is 0.422 e. The van der Waals surface area contributed by atoms with Gasteiger partial charge in [-0.25, -0.2) is 8.42 Å². The fourth-order valence-electron chi connectivity index (χ4n) is 3.09. The average molecular weight is 458 g/mol. The summed E-state index contributed by atoms with van der Waals surface area (Å²) in [7, 11) is -2.47. The van der Waals surface area contributed by atoms with Crippen molar-refractivity contribution in [1.29, 1.82) is 0 Å². The predicted molar refractivity (Wildman–Crippen MR) is 107 cm³/mol. The Morgan fingerprint density at radius 2 is 1.74 bits per heavy atom. The van der Waals surface area contributed by atoms with Crippen LogP contribution in [0.2, 0.25) is 0 Å². The van der Waals surface area contributed by atoms with Crippen LogP contribution in [0.25, 0.3) is 0 Å². The van der Waals surface area contributed by atoms with E-state index < -0.39 is 28.7 Å². The fourth-order valence-corrected chi connectivity index (χ4v) is 4.79. The minimum absolute atomic E-state index is 0.00114. The molecule has 11 heteroatoms. The summed E-state index contributed by atoms with van der Waals surface area (Å²) in [5.41, 5.74) is 0.403. The van der Waals surface area contributed by atoms with Gasteiger partial charge in [0, 0.05) is 24.3 Å². The number of sulfonamides is 1. The summed E-state index contributed by atoms with van der Waals surface area (Å²) in [5, 5.41) is 2.58. The van der Waals surface area contributed by atoms with Gasteiger partial charge < -0.3 is 14.8 Å². The first-order chi connectivity index (χ1) is 14.6. The number of amides is 1. The van der Waals surface area contributed by atoms with Gasteiger partial charge in [-0.2, -0.15) is 17.5 Å². The molecule has 2 aromatic carbocycles. The van der Waals surface area contributed by atoms with E-state index in [2.05, 4.69) is 10.1 Å². The van der Waals surface area contributed by atoms with Crippen molar-refractivity contribution in [2.75, 3.05) is 32.1 Å². The molecule has 1 N–H and O–H groups in total. The summed E-state index contributed by atoms with van der Waals surface area (Å²) in [6, 6.07) is 9.44. The Morgan fingerprint density at radius 1 is 1.10 bits per heavy atom. The molecular weight excluding hydrogens is 437 g/mol. The molecule has 0 aromatic heterocycles. The summed E-state index contributed by atoms with van der Waals surface area (Å²) in [6.45, 7) is -0.603. The van der Waals surface area contributed by atoms with Crippen molar-refractivity contribution in [3.05, 3.63) is 48.0 Å². The van der Waals surface area contributed by atoms with Crippen LogP contribution in [-0.4, -0.2) is 51.6 Å². The molecule has 1 saturated heterocycles. The number of nitrogens with zero attached hydrogens (tertiary/aromatic N) is 1. The van der Waals surface area contributed by atoms with Crippen LogP contribution >= 0.6 is 0 Å². The number of hydrogen-bond acceptors (Lipinski definition) is 5. The third-order valence-electron chi connectivity index (χ3n) is 4.62. The molecule has 1 amide bonds. The van der Waals surface area contributed by atoms with Crippen molar-refractivity contribution >= 4 is 21.6 Å². The fraction of sp³-hybridized carbons (Fsp3) is 0.350. The molecule has 0 atom stereocenters. The lowest BCUT2D eigenvalue weighted by molar-refractivity contribution is -0.153. The van der Waals surface area contributed by atoms with Gasteiger partial charge in [-0.05, 0) is 55.3 Å². The zero-order valence-electron chi connectivity index (χ0n) is 16.6. The van der Waals surface area contributed by atoms with E-state index in [-0.39, 0.29) is 22.0 Å². The number of benzene rings is 2. The molecule has 0 spiro atoms. The van der Waals surface area contributed by atoms with Gasteiger partial charge in [0.05, 0.1) is 7.11 Å². The molecule has 31 heavy (non-hydrogen) atoms. The average Bonchev–Trinajstić information content (AvgIpc) is 3.28. The first kappa shape index (κ1) is 22.9. The van der Waals surface area contributed by atoms with E-state index in [9.17, 15) is 26.4 Å². The Bertz CT molecular complexity index is 1030. The summed E-state index contributed by atoms with van der Waals surface area (Å²) in [4.78, 5) is 12.5. The van der Waals surface area contributed by atoms with Crippen LogP contribution in [0.5, 0.6) is 11.5 Å². The van der Waals surface area contributed by atoms with Crippen LogP contribution in [0.4, 0.5) is 18.9 Å². The van der Waals surface area contributed by atoms with E-state index in [0.29, 0.717) is 18.8 Å². The molecule has 0 saturated carbocycles. The lowest BCUT2D eigenvalue weighted by Crippen LogP contribution is -2.28. The Kier molecular flexibility index (Phi) is 6.75. The number of halogens is 3. The monoisotopic (exact) mass is 458 g/mol. The second-order valence-electron chi connectivity index (χ2n) is 6.86. The highest BCUT2D eigenvalue weighted by molar-refractivity contribution is 7.89. The van der Waals surface area contributed by atoms with Gasteiger partial charge in [-0.1, -0.05) is 0 Å². The second kappa shape index (κ2) is 9.15. The molecular formula is C20H21F3N2O5S. The Labute approximate surface area is 177 Å². The second-order valence-corrected chi connectivity index (χ2v) is 8.77. The van der Waals surface area contributed by atoms with Gasteiger partial charge in [0.2, 0.25) is 10.0 Å². The SMILES string of the molecule is COc1ccc(C(=O)Nc2ccc(OCC(F)(F)F)cc2)cc1S(=O)(=O)N1CCCC1. The van der Waals surface area contributed by atoms with Crippen LogP contribution in [0, 0.1) is 0 Å². The Hall–Kier alpha value is -2.79. The van der Waals surface area contributed by atoms with Crippen molar-refractivity contribution in [3.8, 4) is 11.5 Å². The van der Waals surface area contributed by atoms with Crippen molar-refractivity contribution in [2.45, 2.75) is 23.9 Å². The topological polar surface area (TPSA) is 84.9 Å². The molecule has 7 nitrogen and oxygen atoms in total. The van der Waals surface area contributed by atoms with Crippen molar-refractivity contribution in [3.63, 3.8) is 0 Å². The normalized spacial score (nSPS) is 15.0. The number of carbonyl (C=O) groups excluding carboxylic acids is 1. The maximum absolute atomic E-state index is 12.9. The number of methoxy groups -OCH3 is 1. The van der Waals surface area contributed by atoms with E-state index in [1.165, 1.54) is 53.9 Å². The number of alkyl halides is 3. The minimum Gasteiger partial charge on any atom is -0.495 e. The molecule has 1 heterocycles. The maximum atomic E-state index is 12.9. The van der Waals surface area contributed by atoms with Crippen LogP contribution < -0.4 is 14.8 Å². The highest BCUT2D eigenvalue weighted by Gasteiger charge is 2.31. The zero-order chi connectivity index (χ0) is 22.6. The molecule has 0 aliphatic carbocycles. The third-order valence-corrected chi connectivity index (χ3v) is 6.54. The molecule has 168 valence electrons. The van der Waals surface area contributed by atoms with E-state index in [0.717, 1.165) is 12.8 Å². The molecule has 1 fully saturated rings. The van der Waals surface area contributed by atoms with Crippen molar-refractivity contribution in [1.82, 2.24) is 4.31 Å². The summed E-state index contributed by atoms with van der Waals surface area (Å²) < 4.78 is 73.7.